The van der Waals surface area contributed by atoms with Gasteiger partial charge in [-0.3, -0.25) is 9.63 Å². The quantitative estimate of drug-likeness (QED) is 0.804. The number of furan rings is 1. The smallest absolute Gasteiger partial charge is 0.301 e. The monoisotopic (exact) mass is 264 g/mol. The molecule has 0 bridgehead atoms. The molecule has 0 fully saturated rings. The van der Waals surface area contributed by atoms with Gasteiger partial charge in [0, 0.05) is 35.8 Å². The molecule has 2 aromatic rings. The maximum Gasteiger partial charge on any atom is 0.301 e. The van der Waals surface area contributed by atoms with Gasteiger partial charge in [-0.05, 0) is 25.1 Å². The van der Waals surface area contributed by atoms with Crippen LogP contribution in [0.25, 0.3) is 11.0 Å². The van der Waals surface area contributed by atoms with Crippen LogP contribution in [0.1, 0.15) is 21.7 Å². The number of hydrogen-bond acceptors (Lipinski definition) is 3. The highest BCUT2D eigenvalue weighted by atomic mass is 35.5. The van der Waals surface area contributed by atoms with E-state index in [-0.39, 0.29) is 5.91 Å². The molecular weight excluding hydrogens is 252 g/mol. The number of halogens is 1. The SMILES string of the molecule is CN1CCc2cccc3oc(C(=O)NCl)c(c23)C1. The minimum absolute atomic E-state index is 0.321. The highest BCUT2D eigenvalue weighted by molar-refractivity contribution is 6.24. The molecule has 1 amide bonds. The van der Waals surface area contributed by atoms with Crippen molar-refractivity contribution in [2.24, 2.45) is 0 Å². The average molecular weight is 265 g/mol. The summed E-state index contributed by atoms with van der Waals surface area (Å²) in [5.41, 5.74) is 2.91. The molecule has 1 aromatic carbocycles. The Morgan fingerprint density at radius 2 is 2.33 bits per heavy atom. The van der Waals surface area contributed by atoms with Crippen molar-refractivity contribution in [3.05, 3.63) is 35.1 Å². The molecule has 0 unspecified atom stereocenters. The van der Waals surface area contributed by atoms with Gasteiger partial charge in [-0.25, -0.2) is 0 Å². The second kappa shape index (κ2) is 4.30. The minimum Gasteiger partial charge on any atom is -0.450 e. The number of nitrogens with one attached hydrogen (secondary N) is 1. The summed E-state index contributed by atoms with van der Waals surface area (Å²) in [5.74, 6) is -0.0645. The molecule has 94 valence electrons. The predicted molar refractivity (Wildman–Crippen MR) is 69.6 cm³/mol. The van der Waals surface area contributed by atoms with Crippen LogP contribution in [0.15, 0.2) is 22.6 Å². The van der Waals surface area contributed by atoms with Crippen LogP contribution in [0, 0.1) is 0 Å². The third-order valence-corrected chi connectivity index (χ3v) is 3.55. The van der Waals surface area contributed by atoms with Gasteiger partial charge in [0.05, 0.1) is 0 Å². The lowest BCUT2D eigenvalue weighted by molar-refractivity contribution is 0.0954. The highest BCUT2D eigenvalue weighted by Crippen LogP contribution is 2.32. The van der Waals surface area contributed by atoms with Crippen LogP contribution >= 0.6 is 11.8 Å². The average Bonchev–Trinajstić information content (AvgIpc) is 2.65. The zero-order valence-corrected chi connectivity index (χ0v) is 10.8. The lowest BCUT2D eigenvalue weighted by atomic mass is 10.0. The Morgan fingerprint density at radius 3 is 3.11 bits per heavy atom. The Bertz CT molecular complexity index is 621. The number of nitrogens with zero attached hydrogens (tertiary/aromatic N) is 1. The molecule has 0 spiro atoms. The summed E-state index contributed by atoms with van der Waals surface area (Å²) in [6, 6.07) is 5.93. The van der Waals surface area contributed by atoms with Gasteiger partial charge in [0.15, 0.2) is 5.76 Å². The van der Waals surface area contributed by atoms with Crippen LogP contribution in [0.2, 0.25) is 0 Å². The highest BCUT2D eigenvalue weighted by Gasteiger charge is 2.24. The third-order valence-electron chi connectivity index (χ3n) is 3.38. The van der Waals surface area contributed by atoms with E-state index in [2.05, 4.69) is 15.8 Å². The maximum atomic E-state index is 11.8. The van der Waals surface area contributed by atoms with E-state index < -0.39 is 0 Å². The number of carbonyl (C=O) groups excluding carboxylic acids is 1. The number of rotatable bonds is 1. The molecule has 2 heterocycles. The lowest BCUT2D eigenvalue weighted by Crippen LogP contribution is -2.21. The molecule has 0 saturated carbocycles. The summed E-state index contributed by atoms with van der Waals surface area (Å²) >= 11 is 5.40. The van der Waals surface area contributed by atoms with Gasteiger partial charge >= 0.3 is 5.91 Å². The Labute approximate surface area is 110 Å². The third kappa shape index (κ3) is 1.69. The Kier molecular flexibility index (Phi) is 2.76. The number of benzene rings is 1. The fourth-order valence-electron chi connectivity index (χ4n) is 2.54. The molecule has 18 heavy (non-hydrogen) atoms. The first-order valence-corrected chi connectivity index (χ1v) is 6.21. The topological polar surface area (TPSA) is 45.5 Å². The van der Waals surface area contributed by atoms with E-state index in [0.717, 1.165) is 29.5 Å². The second-order valence-corrected chi connectivity index (χ2v) is 4.80. The number of hydrogen-bond donors (Lipinski definition) is 1. The van der Waals surface area contributed by atoms with Gasteiger partial charge in [-0.1, -0.05) is 12.1 Å². The molecule has 5 heteroatoms. The van der Waals surface area contributed by atoms with E-state index in [1.807, 2.05) is 19.2 Å². The maximum absolute atomic E-state index is 11.8. The van der Waals surface area contributed by atoms with Crippen LogP contribution < -0.4 is 4.84 Å². The van der Waals surface area contributed by atoms with Crippen molar-refractivity contribution in [1.82, 2.24) is 9.74 Å². The van der Waals surface area contributed by atoms with Gasteiger partial charge in [0.1, 0.15) is 5.58 Å². The first-order chi connectivity index (χ1) is 8.70. The summed E-state index contributed by atoms with van der Waals surface area (Å²) in [5, 5.41) is 1.07. The van der Waals surface area contributed by atoms with Crippen molar-refractivity contribution in [1.29, 1.82) is 0 Å². The molecular formula is C13H13ClN2O2. The Balaban J connectivity index is 2.29. The molecule has 1 N–H and O–H groups in total. The fraction of sp³-hybridized carbons (Fsp3) is 0.308. The largest absolute Gasteiger partial charge is 0.450 e. The molecule has 1 aliphatic heterocycles. The zero-order chi connectivity index (χ0) is 12.7. The van der Waals surface area contributed by atoms with E-state index in [1.165, 1.54) is 5.56 Å². The predicted octanol–water partition coefficient (Wildman–Crippen LogP) is 2.30. The summed E-state index contributed by atoms with van der Waals surface area (Å²) in [7, 11) is 2.03. The summed E-state index contributed by atoms with van der Waals surface area (Å²) in [6.45, 7) is 1.67. The van der Waals surface area contributed by atoms with Crippen LogP contribution in [-0.2, 0) is 13.0 Å². The number of amides is 1. The fourth-order valence-corrected chi connectivity index (χ4v) is 2.62. The molecule has 0 atom stereocenters. The summed E-state index contributed by atoms with van der Waals surface area (Å²) in [6.07, 6.45) is 0.961. The van der Waals surface area contributed by atoms with Crippen LogP contribution in [0.5, 0.6) is 0 Å². The lowest BCUT2D eigenvalue weighted by Gasteiger charge is -2.12. The molecule has 1 aromatic heterocycles. The van der Waals surface area contributed by atoms with Crippen molar-refractivity contribution in [2.75, 3.05) is 13.6 Å². The standard InChI is InChI=1S/C13H13ClN2O2/c1-16-6-5-8-3-2-4-10-11(8)9(7-16)12(18-10)13(17)15-14/h2-4H,5-7H2,1H3,(H,15,17). The molecule has 1 aliphatic rings. The van der Waals surface area contributed by atoms with Crippen LogP contribution in [0.3, 0.4) is 0 Å². The van der Waals surface area contributed by atoms with E-state index in [1.54, 1.807) is 0 Å². The van der Waals surface area contributed by atoms with E-state index in [4.69, 9.17) is 16.2 Å². The molecule has 3 rings (SSSR count). The minimum atomic E-state index is -0.385. The van der Waals surface area contributed by atoms with Crippen LogP contribution in [0.4, 0.5) is 0 Å². The van der Waals surface area contributed by atoms with Crippen molar-refractivity contribution in [3.8, 4) is 0 Å². The van der Waals surface area contributed by atoms with E-state index in [0.29, 0.717) is 12.3 Å². The molecule has 0 radical (unpaired) electrons. The van der Waals surface area contributed by atoms with Gasteiger partial charge < -0.3 is 9.32 Å². The van der Waals surface area contributed by atoms with Crippen molar-refractivity contribution >= 4 is 28.7 Å². The van der Waals surface area contributed by atoms with Gasteiger partial charge in [0.2, 0.25) is 0 Å². The number of carbonyl (C=O) groups is 1. The second-order valence-electron chi connectivity index (χ2n) is 4.61. The molecule has 0 aliphatic carbocycles. The first kappa shape index (κ1) is 11.6. The molecule has 4 nitrogen and oxygen atoms in total. The van der Waals surface area contributed by atoms with Crippen molar-refractivity contribution < 1.29 is 9.21 Å². The summed E-state index contributed by atoms with van der Waals surface area (Å²) < 4.78 is 5.64. The van der Waals surface area contributed by atoms with Crippen molar-refractivity contribution in [2.45, 2.75) is 13.0 Å². The van der Waals surface area contributed by atoms with Crippen molar-refractivity contribution in [3.63, 3.8) is 0 Å². The van der Waals surface area contributed by atoms with Crippen LogP contribution in [-0.4, -0.2) is 24.4 Å². The van der Waals surface area contributed by atoms with Gasteiger partial charge in [-0.2, -0.15) is 0 Å². The summed E-state index contributed by atoms with van der Waals surface area (Å²) in [4.78, 5) is 16.1. The van der Waals surface area contributed by atoms with Gasteiger partial charge in [0.25, 0.3) is 0 Å². The first-order valence-electron chi connectivity index (χ1n) is 5.83. The Hall–Kier alpha value is -1.52. The normalized spacial score (nSPS) is 15.7. The molecule has 0 saturated heterocycles. The zero-order valence-electron chi connectivity index (χ0n) is 10.00. The Morgan fingerprint density at radius 1 is 1.50 bits per heavy atom. The number of likely N-dealkylation sites (N-methyl/N-ethyl adjacent to an activating group) is 1. The van der Waals surface area contributed by atoms with E-state index >= 15 is 0 Å². The van der Waals surface area contributed by atoms with Gasteiger partial charge in [-0.15, -0.1) is 0 Å². The van der Waals surface area contributed by atoms with E-state index in [9.17, 15) is 4.79 Å².